The summed E-state index contributed by atoms with van der Waals surface area (Å²) in [4.78, 5) is 11.9. The second kappa shape index (κ2) is 5.66. The van der Waals surface area contributed by atoms with Crippen molar-refractivity contribution >= 4 is 10.1 Å². The summed E-state index contributed by atoms with van der Waals surface area (Å²) in [6.45, 7) is -0.277. The first-order valence-electron chi connectivity index (χ1n) is 5.83. The molecule has 10 heteroatoms. The van der Waals surface area contributed by atoms with Crippen molar-refractivity contribution in [2.45, 2.75) is 6.61 Å². The van der Waals surface area contributed by atoms with E-state index in [1.54, 1.807) is 18.2 Å². The van der Waals surface area contributed by atoms with Crippen LogP contribution >= 0.6 is 0 Å². The molecule has 114 valence electrons. The molecular formula is C11H14N4O5S. The number of aryl methyl sites for hydroxylation is 1. The molecule has 0 amide bonds. The van der Waals surface area contributed by atoms with Gasteiger partial charge >= 0.3 is 5.69 Å². The summed E-state index contributed by atoms with van der Waals surface area (Å²) in [6, 6.07) is 4.88. The van der Waals surface area contributed by atoms with E-state index in [-0.39, 0.29) is 6.61 Å². The fourth-order valence-corrected chi connectivity index (χ4v) is 2.05. The Kier molecular flexibility index (Phi) is 4.09. The molecular weight excluding hydrogens is 300 g/mol. The maximum atomic E-state index is 11.9. The van der Waals surface area contributed by atoms with Gasteiger partial charge in [0.2, 0.25) is 0 Å². The van der Waals surface area contributed by atoms with Crippen LogP contribution in [-0.2, 0) is 28.0 Å². The molecule has 2 aromatic rings. The van der Waals surface area contributed by atoms with Crippen molar-refractivity contribution in [3.63, 3.8) is 0 Å². The van der Waals surface area contributed by atoms with Crippen LogP contribution in [0.15, 0.2) is 23.0 Å². The summed E-state index contributed by atoms with van der Waals surface area (Å²) in [7, 11) is -0.745. The normalized spacial score (nSPS) is 11.6. The van der Waals surface area contributed by atoms with Gasteiger partial charge in [0.25, 0.3) is 10.1 Å². The zero-order valence-corrected chi connectivity index (χ0v) is 12.5. The third kappa shape index (κ3) is 3.28. The summed E-state index contributed by atoms with van der Waals surface area (Å²) in [5.74, 6) is 0.383. The SMILES string of the molecule is COc1cccc(-n2nnn(C)c2=O)c1COS(C)(=O)=O. The van der Waals surface area contributed by atoms with E-state index in [2.05, 4.69) is 10.4 Å². The molecule has 0 atom stereocenters. The molecule has 0 saturated carbocycles. The first-order chi connectivity index (χ1) is 9.83. The number of tetrazole rings is 1. The average molecular weight is 314 g/mol. The van der Waals surface area contributed by atoms with Crippen LogP contribution in [0.25, 0.3) is 5.69 Å². The average Bonchev–Trinajstić information content (AvgIpc) is 2.75. The summed E-state index contributed by atoms with van der Waals surface area (Å²) in [6.07, 6.45) is 0.941. The fraction of sp³-hybridized carbons (Fsp3) is 0.364. The van der Waals surface area contributed by atoms with Crippen molar-refractivity contribution < 1.29 is 17.3 Å². The Morgan fingerprint density at radius 1 is 1.29 bits per heavy atom. The fourth-order valence-electron chi connectivity index (χ4n) is 1.72. The predicted molar refractivity (Wildman–Crippen MR) is 72.8 cm³/mol. The lowest BCUT2D eigenvalue weighted by Gasteiger charge is -2.12. The van der Waals surface area contributed by atoms with E-state index in [0.29, 0.717) is 17.0 Å². The summed E-state index contributed by atoms with van der Waals surface area (Å²) in [5, 5.41) is 7.34. The lowest BCUT2D eigenvalue weighted by atomic mass is 10.1. The molecule has 0 radical (unpaired) electrons. The molecule has 2 rings (SSSR count). The van der Waals surface area contributed by atoms with Crippen molar-refractivity contribution in [1.82, 2.24) is 19.8 Å². The van der Waals surface area contributed by atoms with E-state index in [1.165, 1.54) is 14.2 Å². The van der Waals surface area contributed by atoms with Crippen molar-refractivity contribution in [2.24, 2.45) is 7.05 Å². The molecule has 1 aromatic heterocycles. The molecule has 0 aliphatic carbocycles. The van der Waals surface area contributed by atoms with Gasteiger partial charge in [-0.05, 0) is 22.6 Å². The molecule has 0 aliphatic rings. The quantitative estimate of drug-likeness (QED) is 0.682. The van der Waals surface area contributed by atoms with Crippen LogP contribution in [0, 0.1) is 0 Å². The zero-order chi connectivity index (χ0) is 15.6. The van der Waals surface area contributed by atoms with Crippen LogP contribution in [0.5, 0.6) is 5.75 Å². The van der Waals surface area contributed by atoms with Crippen LogP contribution in [0.3, 0.4) is 0 Å². The van der Waals surface area contributed by atoms with E-state index in [1.807, 2.05) is 0 Å². The van der Waals surface area contributed by atoms with Gasteiger partial charge in [-0.2, -0.15) is 17.8 Å². The predicted octanol–water partition coefficient (Wildman–Crippen LogP) is -0.549. The molecule has 0 bridgehead atoms. The van der Waals surface area contributed by atoms with Crippen LogP contribution in [0.4, 0.5) is 0 Å². The molecule has 0 fully saturated rings. The third-order valence-corrected chi connectivity index (χ3v) is 3.24. The first kappa shape index (κ1) is 15.2. The summed E-state index contributed by atoms with van der Waals surface area (Å²) in [5.41, 5.74) is 0.257. The van der Waals surface area contributed by atoms with Gasteiger partial charge in [0.15, 0.2) is 0 Å². The summed E-state index contributed by atoms with van der Waals surface area (Å²) >= 11 is 0. The van der Waals surface area contributed by atoms with Gasteiger partial charge in [0, 0.05) is 12.6 Å². The number of hydrogen-bond donors (Lipinski definition) is 0. The molecule has 0 saturated heterocycles. The smallest absolute Gasteiger partial charge is 0.368 e. The maximum absolute atomic E-state index is 11.9. The topological polar surface area (TPSA) is 105 Å². The first-order valence-corrected chi connectivity index (χ1v) is 7.65. The van der Waals surface area contributed by atoms with Gasteiger partial charge in [0.1, 0.15) is 5.75 Å². The highest BCUT2D eigenvalue weighted by atomic mass is 32.2. The minimum atomic E-state index is -3.64. The van der Waals surface area contributed by atoms with Gasteiger partial charge < -0.3 is 4.74 Å². The second-order valence-corrected chi connectivity index (χ2v) is 5.87. The van der Waals surface area contributed by atoms with Gasteiger partial charge in [-0.1, -0.05) is 6.07 Å². The van der Waals surface area contributed by atoms with E-state index >= 15 is 0 Å². The Morgan fingerprint density at radius 2 is 2.00 bits per heavy atom. The number of nitrogens with zero attached hydrogens (tertiary/aromatic N) is 4. The lowest BCUT2D eigenvalue weighted by Crippen LogP contribution is -2.23. The highest BCUT2D eigenvalue weighted by molar-refractivity contribution is 7.85. The van der Waals surface area contributed by atoms with E-state index in [9.17, 15) is 13.2 Å². The largest absolute Gasteiger partial charge is 0.496 e. The Morgan fingerprint density at radius 3 is 2.52 bits per heavy atom. The Hall–Kier alpha value is -2.20. The molecule has 1 aromatic carbocycles. The monoisotopic (exact) mass is 314 g/mol. The van der Waals surface area contributed by atoms with E-state index in [4.69, 9.17) is 8.92 Å². The highest BCUT2D eigenvalue weighted by Crippen LogP contribution is 2.25. The zero-order valence-electron chi connectivity index (χ0n) is 11.7. The molecule has 21 heavy (non-hydrogen) atoms. The molecule has 0 unspecified atom stereocenters. The van der Waals surface area contributed by atoms with Crippen LogP contribution in [-0.4, -0.2) is 41.6 Å². The Bertz CT molecular complexity index is 808. The summed E-state index contributed by atoms with van der Waals surface area (Å²) < 4.78 is 34.4. The van der Waals surface area contributed by atoms with Crippen molar-refractivity contribution in [3.8, 4) is 11.4 Å². The van der Waals surface area contributed by atoms with Crippen molar-refractivity contribution in [1.29, 1.82) is 0 Å². The Balaban J connectivity index is 2.55. The number of benzene rings is 1. The molecule has 0 aliphatic heterocycles. The van der Waals surface area contributed by atoms with Crippen LogP contribution in [0.1, 0.15) is 5.56 Å². The standard InChI is InChI=1S/C11H14N4O5S/c1-14-11(16)15(13-12-14)9-5-4-6-10(19-2)8(9)7-20-21(3,17)18/h4-6H,7H2,1-3H3. The third-order valence-electron chi connectivity index (χ3n) is 2.70. The minimum Gasteiger partial charge on any atom is -0.496 e. The Labute approximate surface area is 120 Å². The number of aromatic nitrogens is 4. The van der Waals surface area contributed by atoms with Crippen LogP contribution in [0.2, 0.25) is 0 Å². The van der Waals surface area contributed by atoms with Gasteiger partial charge in [0.05, 0.1) is 25.7 Å². The minimum absolute atomic E-state index is 0.277. The van der Waals surface area contributed by atoms with Gasteiger partial charge in [-0.25, -0.2) is 4.79 Å². The van der Waals surface area contributed by atoms with E-state index < -0.39 is 15.8 Å². The molecule has 0 N–H and O–H groups in total. The molecule has 0 spiro atoms. The van der Waals surface area contributed by atoms with Gasteiger partial charge in [-0.15, -0.1) is 0 Å². The van der Waals surface area contributed by atoms with Gasteiger partial charge in [-0.3, -0.25) is 4.18 Å². The molecule has 9 nitrogen and oxygen atoms in total. The van der Waals surface area contributed by atoms with Crippen molar-refractivity contribution in [3.05, 3.63) is 34.2 Å². The lowest BCUT2D eigenvalue weighted by molar-refractivity contribution is 0.302. The number of rotatable bonds is 5. The van der Waals surface area contributed by atoms with Crippen molar-refractivity contribution in [2.75, 3.05) is 13.4 Å². The number of ether oxygens (including phenoxy) is 1. The highest BCUT2D eigenvalue weighted by Gasteiger charge is 2.17. The van der Waals surface area contributed by atoms with Crippen LogP contribution < -0.4 is 10.4 Å². The number of methoxy groups -OCH3 is 1. The molecule has 1 heterocycles. The van der Waals surface area contributed by atoms with E-state index in [0.717, 1.165) is 15.6 Å². The number of hydrogen-bond acceptors (Lipinski definition) is 7. The second-order valence-electron chi connectivity index (χ2n) is 4.22. The maximum Gasteiger partial charge on any atom is 0.368 e.